The number of carbonyl (C=O) groups excluding carboxylic acids is 1. The van der Waals surface area contributed by atoms with Gasteiger partial charge < -0.3 is 10.1 Å². The van der Waals surface area contributed by atoms with Gasteiger partial charge in [0.2, 0.25) is 0 Å². The molecular formula is C31H37N3O2. The number of carbonyl (C=O) groups is 1. The Morgan fingerprint density at radius 3 is 1.86 bits per heavy atom. The van der Waals surface area contributed by atoms with Crippen LogP contribution in [-0.4, -0.2) is 54.0 Å². The van der Waals surface area contributed by atoms with Crippen molar-refractivity contribution in [3.63, 3.8) is 0 Å². The van der Waals surface area contributed by atoms with Crippen LogP contribution in [0.25, 0.3) is 0 Å². The molecule has 2 saturated heterocycles. The maximum Gasteiger partial charge on any atom is 0.251 e. The van der Waals surface area contributed by atoms with Crippen molar-refractivity contribution >= 4 is 5.91 Å². The molecule has 5 nitrogen and oxygen atoms in total. The minimum atomic E-state index is -0.000334. The summed E-state index contributed by atoms with van der Waals surface area (Å²) in [6.45, 7) is 6.05. The summed E-state index contributed by atoms with van der Waals surface area (Å²) >= 11 is 0. The molecular weight excluding hydrogens is 446 g/mol. The van der Waals surface area contributed by atoms with Crippen LogP contribution in [0.3, 0.4) is 0 Å². The first-order chi connectivity index (χ1) is 17.7. The van der Waals surface area contributed by atoms with E-state index in [0.717, 1.165) is 70.7 Å². The molecule has 3 aromatic rings. The fourth-order valence-corrected chi connectivity index (χ4v) is 5.28. The van der Waals surface area contributed by atoms with E-state index in [1.54, 1.807) is 0 Å². The van der Waals surface area contributed by atoms with E-state index < -0.39 is 0 Å². The van der Waals surface area contributed by atoms with Crippen LogP contribution < -0.4 is 10.1 Å². The van der Waals surface area contributed by atoms with Gasteiger partial charge in [0.25, 0.3) is 5.91 Å². The minimum absolute atomic E-state index is 0.000334. The monoisotopic (exact) mass is 483 g/mol. The van der Waals surface area contributed by atoms with Gasteiger partial charge in [-0.25, -0.2) is 0 Å². The van der Waals surface area contributed by atoms with Crippen molar-refractivity contribution in [2.75, 3.05) is 26.2 Å². The standard InChI is InChI=1S/C31H37N3O2/c35-31(32-28-14-18-33(19-15-28)23-25-8-3-1-4-9-25)27-12-7-13-30(22-27)36-29-16-20-34(21-17-29)24-26-10-5-2-6-11-26/h1-13,22,28-29H,14-21,23-24H2,(H,32,35). The van der Waals surface area contributed by atoms with Crippen LogP contribution in [0.2, 0.25) is 0 Å². The highest BCUT2D eigenvalue weighted by Crippen LogP contribution is 2.22. The van der Waals surface area contributed by atoms with E-state index in [2.05, 4.69) is 75.8 Å². The Morgan fingerprint density at radius 1 is 0.722 bits per heavy atom. The van der Waals surface area contributed by atoms with Crippen molar-refractivity contribution in [3.05, 3.63) is 102 Å². The Morgan fingerprint density at radius 2 is 1.28 bits per heavy atom. The fourth-order valence-electron chi connectivity index (χ4n) is 5.28. The van der Waals surface area contributed by atoms with E-state index in [1.165, 1.54) is 11.1 Å². The maximum absolute atomic E-state index is 13.0. The van der Waals surface area contributed by atoms with Gasteiger partial charge in [0.05, 0.1) is 0 Å². The molecule has 0 spiro atoms. The number of benzene rings is 3. The molecule has 1 N–H and O–H groups in total. The summed E-state index contributed by atoms with van der Waals surface area (Å²) in [4.78, 5) is 17.9. The second-order valence-electron chi connectivity index (χ2n) is 10.1. The van der Waals surface area contributed by atoms with Crippen LogP contribution in [0.1, 0.15) is 47.2 Å². The van der Waals surface area contributed by atoms with Gasteiger partial charge in [-0.1, -0.05) is 66.7 Å². The van der Waals surface area contributed by atoms with Crippen molar-refractivity contribution in [1.82, 2.24) is 15.1 Å². The molecule has 188 valence electrons. The van der Waals surface area contributed by atoms with Crippen molar-refractivity contribution in [2.45, 2.75) is 50.9 Å². The van der Waals surface area contributed by atoms with Gasteiger partial charge in [0.1, 0.15) is 11.9 Å². The highest BCUT2D eigenvalue weighted by atomic mass is 16.5. The highest BCUT2D eigenvalue weighted by molar-refractivity contribution is 5.94. The summed E-state index contributed by atoms with van der Waals surface area (Å²) in [6, 6.07) is 29.1. The average molecular weight is 484 g/mol. The lowest BCUT2D eigenvalue weighted by molar-refractivity contribution is 0.0901. The summed E-state index contributed by atoms with van der Waals surface area (Å²) < 4.78 is 6.29. The largest absolute Gasteiger partial charge is 0.490 e. The molecule has 2 aliphatic heterocycles. The zero-order valence-corrected chi connectivity index (χ0v) is 21.0. The van der Waals surface area contributed by atoms with Crippen LogP contribution >= 0.6 is 0 Å². The van der Waals surface area contributed by atoms with E-state index in [4.69, 9.17) is 4.74 Å². The lowest BCUT2D eigenvalue weighted by Gasteiger charge is -2.32. The van der Waals surface area contributed by atoms with Crippen LogP contribution in [0.5, 0.6) is 5.75 Å². The molecule has 2 heterocycles. The molecule has 0 bridgehead atoms. The molecule has 1 amide bonds. The van der Waals surface area contributed by atoms with E-state index >= 15 is 0 Å². The van der Waals surface area contributed by atoms with Crippen LogP contribution in [0, 0.1) is 0 Å². The van der Waals surface area contributed by atoms with Crippen molar-refractivity contribution in [1.29, 1.82) is 0 Å². The number of nitrogens with zero attached hydrogens (tertiary/aromatic N) is 2. The first-order valence-electron chi connectivity index (χ1n) is 13.3. The molecule has 0 radical (unpaired) electrons. The Balaban J connectivity index is 1.06. The van der Waals surface area contributed by atoms with Crippen LogP contribution in [0.4, 0.5) is 0 Å². The molecule has 5 rings (SSSR count). The van der Waals surface area contributed by atoms with E-state index in [-0.39, 0.29) is 18.1 Å². The van der Waals surface area contributed by atoms with Gasteiger partial charge in [-0.05, 0) is 55.0 Å². The molecule has 0 aliphatic carbocycles. The predicted octanol–water partition coefficient (Wildman–Crippen LogP) is 5.12. The fraction of sp³-hybridized carbons (Fsp3) is 0.387. The zero-order chi connectivity index (χ0) is 24.6. The lowest BCUT2D eigenvalue weighted by Crippen LogP contribution is -2.44. The molecule has 0 aromatic heterocycles. The number of ether oxygens (including phenoxy) is 1. The smallest absolute Gasteiger partial charge is 0.251 e. The van der Waals surface area contributed by atoms with Crippen molar-refractivity contribution in [2.24, 2.45) is 0 Å². The SMILES string of the molecule is O=C(NC1CCN(Cc2ccccc2)CC1)c1cccc(OC2CCN(Cc3ccccc3)CC2)c1. The van der Waals surface area contributed by atoms with Crippen molar-refractivity contribution in [3.8, 4) is 5.75 Å². The first kappa shape index (κ1) is 24.5. The number of likely N-dealkylation sites (tertiary alicyclic amines) is 2. The quantitative estimate of drug-likeness (QED) is 0.483. The molecule has 2 fully saturated rings. The predicted molar refractivity (Wildman–Crippen MR) is 144 cm³/mol. The Hall–Kier alpha value is -3.15. The number of amides is 1. The molecule has 0 unspecified atom stereocenters. The Kier molecular flexibility index (Phi) is 8.32. The number of nitrogens with one attached hydrogen (secondary N) is 1. The average Bonchev–Trinajstić information content (AvgIpc) is 2.92. The highest BCUT2D eigenvalue weighted by Gasteiger charge is 2.23. The van der Waals surface area contributed by atoms with Gasteiger partial charge in [0.15, 0.2) is 0 Å². The second kappa shape index (κ2) is 12.2. The molecule has 5 heteroatoms. The minimum Gasteiger partial charge on any atom is -0.490 e. The number of piperidine rings is 2. The third-order valence-corrected chi connectivity index (χ3v) is 7.35. The molecule has 2 aliphatic rings. The summed E-state index contributed by atoms with van der Waals surface area (Å²) in [6.07, 6.45) is 4.17. The molecule has 0 saturated carbocycles. The van der Waals surface area contributed by atoms with Gasteiger partial charge in [-0.15, -0.1) is 0 Å². The molecule has 0 atom stereocenters. The Labute approximate surface area is 215 Å². The summed E-state index contributed by atoms with van der Waals surface area (Å²) in [5.41, 5.74) is 3.39. The van der Waals surface area contributed by atoms with Crippen molar-refractivity contribution < 1.29 is 9.53 Å². The van der Waals surface area contributed by atoms with Gasteiger partial charge in [0, 0.05) is 50.9 Å². The van der Waals surface area contributed by atoms with Gasteiger partial charge >= 0.3 is 0 Å². The third kappa shape index (κ3) is 6.96. The molecule has 36 heavy (non-hydrogen) atoms. The van der Waals surface area contributed by atoms with Crippen LogP contribution in [0.15, 0.2) is 84.9 Å². The van der Waals surface area contributed by atoms with Gasteiger partial charge in [-0.2, -0.15) is 0 Å². The first-order valence-corrected chi connectivity index (χ1v) is 13.3. The Bertz CT molecular complexity index is 1090. The van der Waals surface area contributed by atoms with E-state index in [1.807, 2.05) is 24.3 Å². The second-order valence-corrected chi connectivity index (χ2v) is 10.1. The lowest BCUT2D eigenvalue weighted by atomic mass is 10.0. The van der Waals surface area contributed by atoms with E-state index in [9.17, 15) is 4.79 Å². The maximum atomic E-state index is 13.0. The summed E-state index contributed by atoms with van der Waals surface area (Å²) in [5.74, 6) is 0.793. The normalized spacial score (nSPS) is 18.1. The number of hydrogen-bond donors (Lipinski definition) is 1. The third-order valence-electron chi connectivity index (χ3n) is 7.35. The zero-order valence-electron chi connectivity index (χ0n) is 21.0. The topological polar surface area (TPSA) is 44.8 Å². The van der Waals surface area contributed by atoms with E-state index in [0.29, 0.717) is 5.56 Å². The molecule has 3 aromatic carbocycles. The summed E-state index contributed by atoms with van der Waals surface area (Å²) in [5, 5.41) is 3.25. The number of rotatable bonds is 8. The number of hydrogen-bond acceptors (Lipinski definition) is 4. The summed E-state index contributed by atoms with van der Waals surface area (Å²) in [7, 11) is 0. The van der Waals surface area contributed by atoms with Gasteiger partial charge in [-0.3, -0.25) is 14.6 Å². The van der Waals surface area contributed by atoms with Crippen LogP contribution in [-0.2, 0) is 13.1 Å².